The van der Waals surface area contributed by atoms with Crippen molar-refractivity contribution in [3.8, 4) is 5.69 Å². The SMILES string of the molecule is O=C(Nc1nc2cc(C(F)(F)F)ccc2n1Cc1ccco1)c1ccn(-c2cccc([N+](=O)[O-])c2)n1. The van der Waals surface area contributed by atoms with Gasteiger partial charge < -0.3 is 8.98 Å². The summed E-state index contributed by atoms with van der Waals surface area (Å²) in [4.78, 5) is 27.6. The number of imidazole rings is 1. The number of aromatic nitrogens is 4. The molecule has 2 aromatic carbocycles. The summed E-state index contributed by atoms with van der Waals surface area (Å²) in [6, 6.07) is 13.6. The number of carbonyl (C=O) groups excluding carboxylic acids is 1. The molecular weight excluding hydrogens is 481 g/mol. The van der Waals surface area contributed by atoms with Gasteiger partial charge in [0, 0.05) is 18.3 Å². The molecule has 3 heterocycles. The van der Waals surface area contributed by atoms with E-state index in [1.807, 2.05) is 0 Å². The Hall–Kier alpha value is -4.94. The molecule has 0 atom stereocenters. The van der Waals surface area contributed by atoms with Crippen LogP contribution in [-0.2, 0) is 12.7 Å². The number of benzene rings is 2. The van der Waals surface area contributed by atoms with E-state index in [1.165, 1.54) is 52.0 Å². The highest BCUT2D eigenvalue weighted by Gasteiger charge is 2.31. The molecule has 3 aromatic heterocycles. The number of hydrogen-bond acceptors (Lipinski definition) is 6. The van der Waals surface area contributed by atoms with E-state index in [4.69, 9.17) is 4.42 Å². The minimum atomic E-state index is -4.55. The van der Waals surface area contributed by atoms with Crippen LogP contribution < -0.4 is 5.32 Å². The summed E-state index contributed by atoms with van der Waals surface area (Å²) in [6.07, 6.45) is -1.65. The second kappa shape index (κ2) is 8.69. The van der Waals surface area contributed by atoms with E-state index in [0.717, 1.165) is 12.1 Å². The van der Waals surface area contributed by atoms with Crippen LogP contribution in [0, 0.1) is 10.1 Å². The van der Waals surface area contributed by atoms with Crippen molar-refractivity contribution in [2.45, 2.75) is 12.7 Å². The molecule has 0 fully saturated rings. The van der Waals surface area contributed by atoms with Gasteiger partial charge in [0.2, 0.25) is 5.95 Å². The van der Waals surface area contributed by atoms with Crippen molar-refractivity contribution in [2.75, 3.05) is 5.32 Å². The smallest absolute Gasteiger partial charge is 0.416 e. The fraction of sp³-hybridized carbons (Fsp3) is 0.0870. The standard InChI is InChI=1S/C23H15F3N6O4/c24-23(25,26)14-6-7-20-19(11-14)27-22(30(20)13-17-5-2-10-36-17)28-21(33)18-8-9-31(29-18)15-3-1-4-16(12-15)32(34)35/h1-12H,13H2,(H,27,28,33). The van der Waals surface area contributed by atoms with E-state index in [-0.39, 0.29) is 29.4 Å². The Morgan fingerprint density at radius 2 is 1.94 bits per heavy atom. The van der Waals surface area contributed by atoms with Crippen LogP contribution in [0.25, 0.3) is 16.7 Å². The number of nitro groups is 1. The second-order valence-corrected chi connectivity index (χ2v) is 7.68. The Morgan fingerprint density at radius 1 is 1.11 bits per heavy atom. The van der Waals surface area contributed by atoms with E-state index in [1.54, 1.807) is 18.2 Å². The molecule has 0 aliphatic carbocycles. The van der Waals surface area contributed by atoms with Crippen molar-refractivity contribution in [3.63, 3.8) is 0 Å². The Balaban J connectivity index is 1.47. The van der Waals surface area contributed by atoms with Crippen LogP contribution in [-0.4, -0.2) is 30.2 Å². The first-order valence-corrected chi connectivity index (χ1v) is 10.4. The number of nitrogens with one attached hydrogen (secondary N) is 1. The van der Waals surface area contributed by atoms with Crippen molar-refractivity contribution < 1.29 is 27.3 Å². The average molecular weight is 496 g/mol. The van der Waals surface area contributed by atoms with Crippen molar-refractivity contribution in [1.82, 2.24) is 19.3 Å². The molecule has 5 aromatic rings. The molecule has 10 nitrogen and oxygen atoms in total. The van der Waals surface area contributed by atoms with Gasteiger partial charge in [0.05, 0.1) is 40.0 Å². The normalized spacial score (nSPS) is 11.6. The van der Waals surface area contributed by atoms with E-state index < -0.39 is 22.6 Å². The number of alkyl halides is 3. The predicted octanol–water partition coefficient (Wildman–Crippen LogP) is 5.04. The average Bonchev–Trinajstić information content (AvgIpc) is 3.60. The van der Waals surface area contributed by atoms with Crippen molar-refractivity contribution in [3.05, 3.63) is 100 Å². The topological polar surface area (TPSA) is 121 Å². The fourth-order valence-corrected chi connectivity index (χ4v) is 3.62. The van der Waals surface area contributed by atoms with Gasteiger partial charge in [-0.1, -0.05) is 6.07 Å². The quantitative estimate of drug-likeness (QED) is 0.260. The Labute approximate surface area is 199 Å². The summed E-state index contributed by atoms with van der Waals surface area (Å²) < 4.78 is 47.8. The molecule has 0 spiro atoms. The lowest BCUT2D eigenvalue weighted by Crippen LogP contribution is -2.17. The van der Waals surface area contributed by atoms with Gasteiger partial charge in [-0.05, 0) is 42.5 Å². The van der Waals surface area contributed by atoms with Gasteiger partial charge in [-0.25, -0.2) is 9.67 Å². The molecule has 5 rings (SSSR count). The van der Waals surface area contributed by atoms with E-state index in [0.29, 0.717) is 17.0 Å². The first kappa shape index (κ1) is 22.8. The number of amides is 1. The molecule has 0 saturated heterocycles. The number of rotatable bonds is 6. The molecule has 1 N–H and O–H groups in total. The number of nitrogens with zero attached hydrogens (tertiary/aromatic N) is 5. The number of fused-ring (bicyclic) bond motifs is 1. The zero-order chi connectivity index (χ0) is 25.4. The van der Waals surface area contributed by atoms with E-state index in [9.17, 15) is 28.1 Å². The molecule has 0 saturated carbocycles. The van der Waals surface area contributed by atoms with Gasteiger partial charge in [0.15, 0.2) is 5.69 Å². The maximum absolute atomic E-state index is 13.2. The van der Waals surface area contributed by atoms with Crippen molar-refractivity contribution in [2.24, 2.45) is 0 Å². The van der Waals surface area contributed by atoms with Crippen LogP contribution in [0.15, 0.2) is 77.5 Å². The largest absolute Gasteiger partial charge is 0.467 e. The Kier molecular flexibility index (Phi) is 5.51. The zero-order valence-corrected chi connectivity index (χ0v) is 18.1. The number of carbonyl (C=O) groups is 1. The molecule has 13 heteroatoms. The highest BCUT2D eigenvalue weighted by molar-refractivity contribution is 6.02. The number of non-ortho nitro benzene ring substituents is 1. The number of halogens is 3. The molecule has 0 bridgehead atoms. The Morgan fingerprint density at radius 3 is 2.67 bits per heavy atom. The Bertz CT molecular complexity index is 1590. The van der Waals surface area contributed by atoms with Crippen LogP contribution in [0.4, 0.5) is 24.8 Å². The monoisotopic (exact) mass is 496 g/mol. The molecule has 0 aliphatic heterocycles. The van der Waals surface area contributed by atoms with Gasteiger partial charge in [0.1, 0.15) is 5.76 Å². The summed E-state index contributed by atoms with van der Waals surface area (Å²) in [5.41, 5.74) is -0.280. The molecule has 0 radical (unpaired) electrons. The summed E-state index contributed by atoms with van der Waals surface area (Å²) in [5, 5.41) is 17.8. The lowest BCUT2D eigenvalue weighted by atomic mass is 10.2. The van der Waals surface area contributed by atoms with Gasteiger partial charge in [0.25, 0.3) is 11.6 Å². The molecular formula is C23H15F3N6O4. The lowest BCUT2D eigenvalue weighted by Gasteiger charge is -2.09. The van der Waals surface area contributed by atoms with Gasteiger partial charge in [-0.3, -0.25) is 20.2 Å². The molecule has 0 aliphatic rings. The molecule has 36 heavy (non-hydrogen) atoms. The highest BCUT2D eigenvalue weighted by atomic mass is 19.4. The minimum absolute atomic E-state index is 0.00405. The molecule has 1 amide bonds. The maximum atomic E-state index is 13.2. The summed E-state index contributed by atoms with van der Waals surface area (Å²) in [7, 11) is 0. The number of furan rings is 1. The highest BCUT2D eigenvalue weighted by Crippen LogP contribution is 2.32. The number of nitro benzene ring substituents is 1. The van der Waals surface area contributed by atoms with Crippen LogP contribution in [0.1, 0.15) is 21.8 Å². The maximum Gasteiger partial charge on any atom is 0.416 e. The second-order valence-electron chi connectivity index (χ2n) is 7.68. The summed E-state index contributed by atoms with van der Waals surface area (Å²) >= 11 is 0. The first-order chi connectivity index (χ1) is 17.2. The third-order valence-corrected chi connectivity index (χ3v) is 5.32. The minimum Gasteiger partial charge on any atom is -0.467 e. The summed E-state index contributed by atoms with van der Waals surface area (Å²) in [5.74, 6) is -0.179. The van der Waals surface area contributed by atoms with E-state index in [2.05, 4.69) is 15.4 Å². The van der Waals surface area contributed by atoms with Gasteiger partial charge >= 0.3 is 6.18 Å². The van der Waals surface area contributed by atoms with E-state index >= 15 is 0 Å². The van der Waals surface area contributed by atoms with Gasteiger partial charge in [-0.2, -0.15) is 18.3 Å². The number of hydrogen-bond donors (Lipinski definition) is 1. The summed E-state index contributed by atoms with van der Waals surface area (Å²) in [6.45, 7) is 0.104. The third kappa shape index (κ3) is 4.41. The van der Waals surface area contributed by atoms with Crippen LogP contribution in [0.2, 0.25) is 0 Å². The number of anilines is 1. The molecule has 0 unspecified atom stereocenters. The molecule has 182 valence electrons. The third-order valence-electron chi connectivity index (χ3n) is 5.32. The lowest BCUT2D eigenvalue weighted by molar-refractivity contribution is -0.384. The van der Waals surface area contributed by atoms with Crippen molar-refractivity contribution >= 4 is 28.6 Å². The van der Waals surface area contributed by atoms with Crippen LogP contribution >= 0.6 is 0 Å². The van der Waals surface area contributed by atoms with Gasteiger partial charge in [-0.15, -0.1) is 0 Å². The van der Waals surface area contributed by atoms with Crippen LogP contribution in [0.5, 0.6) is 0 Å². The fourth-order valence-electron chi connectivity index (χ4n) is 3.62. The van der Waals surface area contributed by atoms with Crippen LogP contribution in [0.3, 0.4) is 0 Å². The van der Waals surface area contributed by atoms with Crippen molar-refractivity contribution in [1.29, 1.82) is 0 Å². The zero-order valence-electron chi connectivity index (χ0n) is 18.1. The first-order valence-electron chi connectivity index (χ1n) is 10.4. The predicted molar refractivity (Wildman–Crippen MR) is 121 cm³/mol.